The van der Waals surface area contributed by atoms with E-state index >= 15 is 0 Å². The maximum Gasteiger partial charge on any atom is 0 e. The molecule has 0 aliphatic rings. The van der Waals surface area contributed by atoms with Crippen LogP contribution < -0.4 is 0 Å². The van der Waals surface area contributed by atoms with Crippen molar-refractivity contribution in [2.75, 3.05) is 0 Å². The SMILES string of the molecule is Cl.[Li][CH2]CCC.[Nd]. The van der Waals surface area contributed by atoms with E-state index in [1.54, 1.807) is 0 Å². The molecule has 0 heterocycles. The van der Waals surface area contributed by atoms with Crippen molar-refractivity contribution in [3.63, 3.8) is 0 Å². The molecule has 0 saturated heterocycles. The van der Waals surface area contributed by atoms with Gasteiger partial charge in [-0.1, -0.05) is 0 Å². The summed E-state index contributed by atoms with van der Waals surface area (Å²) in [4.78, 5) is 0. The van der Waals surface area contributed by atoms with Crippen molar-refractivity contribution in [2.45, 2.75) is 24.9 Å². The summed E-state index contributed by atoms with van der Waals surface area (Å²) in [7, 11) is 0. The van der Waals surface area contributed by atoms with Crippen LogP contribution in [0.3, 0.4) is 0 Å². The second kappa shape index (κ2) is 15.7. The molecule has 0 unspecified atom stereocenters. The standard InChI is InChI=1S/C4H9.ClH.Li.Nd/c1-3-4-2;;;/h1,3-4H2,2H3;1H;;. The fourth-order valence-electron chi connectivity index (χ4n) is 0.354. The summed E-state index contributed by atoms with van der Waals surface area (Å²) in [6.45, 7) is 2.21. The van der Waals surface area contributed by atoms with E-state index < -0.39 is 0 Å². The van der Waals surface area contributed by atoms with Gasteiger partial charge in [-0.05, 0) is 0 Å². The van der Waals surface area contributed by atoms with Gasteiger partial charge >= 0.3 is 42.6 Å². The number of hydrogen-bond acceptors (Lipinski definition) is 0. The maximum absolute atomic E-state index is 2.21. The molecule has 7 heavy (non-hydrogen) atoms. The smallest absolute Gasteiger partial charge is 0 e. The van der Waals surface area contributed by atoms with Crippen LogP contribution in [0, 0.1) is 40.8 Å². The largest absolute Gasteiger partial charge is 0 e. The van der Waals surface area contributed by atoms with Gasteiger partial charge in [-0.25, -0.2) is 0 Å². The van der Waals surface area contributed by atoms with Crippen LogP contribution in [0.2, 0.25) is 5.09 Å². The minimum Gasteiger partial charge on any atom is 0 e. The third-order valence-electron chi connectivity index (χ3n) is 0.707. The molecule has 0 spiro atoms. The first-order valence-electron chi connectivity index (χ1n) is 2.41. The van der Waals surface area contributed by atoms with Gasteiger partial charge in [0, 0.05) is 40.8 Å². The number of halogens is 1. The van der Waals surface area contributed by atoms with Crippen molar-refractivity contribution in [1.82, 2.24) is 0 Å². The van der Waals surface area contributed by atoms with Crippen molar-refractivity contribution in [3.05, 3.63) is 0 Å². The summed E-state index contributed by atoms with van der Waals surface area (Å²) in [5.74, 6) is 0. The normalized spacial score (nSPS) is 6.14. The molecule has 38 valence electrons. The molecule has 0 aliphatic carbocycles. The molecule has 0 bridgehead atoms. The third-order valence-corrected chi connectivity index (χ3v) is 0.707. The van der Waals surface area contributed by atoms with E-state index in [4.69, 9.17) is 0 Å². The van der Waals surface area contributed by atoms with Crippen LogP contribution in [0.25, 0.3) is 0 Å². The molecule has 3 heteroatoms. The van der Waals surface area contributed by atoms with Gasteiger partial charge in [0.25, 0.3) is 0 Å². The second-order valence-electron chi connectivity index (χ2n) is 1.35. The molecule has 0 amide bonds. The molecule has 0 atom stereocenters. The fraction of sp³-hybridized carbons (Fsp3) is 1.00. The number of unbranched alkanes of at least 4 members (excludes halogenated alkanes) is 1. The van der Waals surface area contributed by atoms with Crippen molar-refractivity contribution >= 4 is 30.1 Å². The molecule has 0 saturated carbocycles. The maximum atomic E-state index is 2.21. The van der Waals surface area contributed by atoms with Gasteiger partial charge in [-0.3, -0.25) is 0 Å². The molecule has 0 aromatic rings. The van der Waals surface area contributed by atoms with Gasteiger partial charge in [-0.2, -0.15) is 0 Å². The molecule has 0 fully saturated rings. The van der Waals surface area contributed by atoms with Crippen molar-refractivity contribution in [2.24, 2.45) is 0 Å². The van der Waals surface area contributed by atoms with Crippen molar-refractivity contribution in [1.29, 1.82) is 0 Å². The number of hydrogen-bond donors (Lipinski definition) is 0. The summed E-state index contributed by atoms with van der Waals surface area (Å²) in [6, 6.07) is 0. The molecule has 0 aromatic carbocycles. The van der Waals surface area contributed by atoms with Crippen LogP contribution >= 0.6 is 12.4 Å². The number of rotatable bonds is 2. The minimum absolute atomic E-state index is 0. The molecule has 0 nitrogen and oxygen atoms in total. The Bertz CT molecular complexity index is 19.2. The molecule has 0 aromatic heterocycles. The van der Waals surface area contributed by atoms with Crippen LogP contribution in [-0.2, 0) is 0 Å². The van der Waals surface area contributed by atoms with Crippen LogP contribution in [-0.4, -0.2) is 17.7 Å². The average molecular weight is 245 g/mol. The zero-order valence-corrected chi connectivity index (χ0v) is 9.05. The Kier molecular flexibility index (Phi) is 36.2. The molecular formula is C4H10ClLiNd. The van der Waals surface area contributed by atoms with E-state index in [0.29, 0.717) is 0 Å². The minimum atomic E-state index is 0. The summed E-state index contributed by atoms with van der Waals surface area (Å²) < 4.78 is 0. The zero-order chi connectivity index (χ0) is 4.12. The zero-order valence-electron chi connectivity index (χ0n) is 5.03. The molecular weight excluding hydrogens is 235 g/mol. The van der Waals surface area contributed by atoms with Crippen molar-refractivity contribution in [3.8, 4) is 0 Å². The van der Waals surface area contributed by atoms with Crippen LogP contribution in [0.4, 0.5) is 0 Å². The molecule has 0 rings (SSSR count). The Balaban J connectivity index is -0.0000000800. The summed E-state index contributed by atoms with van der Waals surface area (Å²) in [5, 5.41) is 1.34. The van der Waals surface area contributed by atoms with Gasteiger partial charge in [0.05, 0.1) is 0 Å². The first kappa shape index (κ1) is 16.1. The van der Waals surface area contributed by atoms with Crippen LogP contribution in [0.1, 0.15) is 19.8 Å². The first-order valence-corrected chi connectivity index (χ1v) is 2.41. The third kappa shape index (κ3) is 17.8. The van der Waals surface area contributed by atoms with Crippen LogP contribution in [0.15, 0.2) is 0 Å². The van der Waals surface area contributed by atoms with Crippen LogP contribution in [0.5, 0.6) is 0 Å². The van der Waals surface area contributed by atoms with E-state index in [9.17, 15) is 0 Å². The van der Waals surface area contributed by atoms with Gasteiger partial charge in [0.1, 0.15) is 0 Å². The predicted octanol–water partition coefficient (Wildman–Crippen LogP) is 1.80. The molecule has 0 radical (unpaired) electrons. The second-order valence-corrected chi connectivity index (χ2v) is 1.35. The van der Waals surface area contributed by atoms with Gasteiger partial charge in [0.15, 0.2) is 0 Å². The average Bonchev–Trinajstić information content (AvgIpc) is 1.41. The Morgan fingerprint density at radius 1 is 1.43 bits per heavy atom. The summed E-state index contributed by atoms with van der Waals surface area (Å²) >= 11 is 2.21. The Hall–Kier alpha value is 2.24. The van der Waals surface area contributed by atoms with Crippen molar-refractivity contribution < 1.29 is 40.8 Å². The summed E-state index contributed by atoms with van der Waals surface area (Å²) in [6.07, 6.45) is 2.73. The van der Waals surface area contributed by atoms with E-state index in [0.717, 1.165) is 0 Å². The van der Waals surface area contributed by atoms with E-state index in [1.165, 1.54) is 17.9 Å². The van der Waals surface area contributed by atoms with Gasteiger partial charge in [0.2, 0.25) is 0 Å². The van der Waals surface area contributed by atoms with Gasteiger partial charge < -0.3 is 0 Å². The quantitative estimate of drug-likeness (QED) is 0.650. The van der Waals surface area contributed by atoms with E-state index in [2.05, 4.69) is 24.6 Å². The van der Waals surface area contributed by atoms with E-state index in [1.807, 2.05) is 0 Å². The topological polar surface area (TPSA) is 0 Å². The van der Waals surface area contributed by atoms with E-state index in [-0.39, 0.29) is 53.2 Å². The summed E-state index contributed by atoms with van der Waals surface area (Å²) in [5.41, 5.74) is 0. The fourth-order valence-corrected chi connectivity index (χ4v) is 0.354. The predicted molar refractivity (Wildman–Crippen MR) is 32.7 cm³/mol. The van der Waals surface area contributed by atoms with Gasteiger partial charge in [-0.15, -0.1) is 12.4 Å². The Labute approximate surface area is 94.3 Å². The Morgan fingerprint density at radius 2 is 1.86 bits per heavy atom. The monoisotopic (exact) mass is 242 g/mol. The Morgan fingerprint density at radius 3 is 1.86 bits per heavy atom. The first-order chi connectivity index (χ1) is 2.41. The molecule has 0 N–H and O–H groups in total. The molecule has 0 aliphatic heterocycles.